The number of nitrogens with zero attached hydrogens (tertiary/aromatic N) is 2. The van der Waals surface area contributed by atoms with E-state index in [1.807, 2.05) is 13.1 Å². The standard InChI is InChI=1S/C10H11N3S2/c1-11-9-12-13-10(15-9)14-7-8-5-3-2-4-6-8/h2-6H,7H2,1H3,(H,11,12). The van der Waals surface area contributed by atoms with Crippen LogP contribution in [-0.4, -0.2) is 17.2 Å². The van der Waals surface area contributed by atoms with Crippen LogP contribution in [0.3, 0.4) is 0 Å². The summed E-state index contributed by atoms with van der Waals surface area (Å²) >= 11 is 3.30. The lowest BCUT2D eigenvalue weighted by molar-refractivity contribution is 1.01. The van der Waals surface area contributed by atoms with Crippen LogP contribution < -0.4 is 5.32 Å². The number of thioether (sulfide) groups is 1. The van der Waals surface area contributed by atoms with Crippen molar-refractivity contribution in [1.29, 1.82) is 0 Å². The van der Waals surface area contributed by atoms with Crippen LogP contribution in [0.15, 0.2) is 34.7 Å². The highest BCUT2D eigenvalue weighted by molar-refractivity contribution is 8.00. The Morgan fingerprint density at radius 3 is 2.73 bits per heavy atom. The molecule has 2 aromatic rings. The molecule has 2 rings (SSSR count). The topological polar surface area (TPSA) is 37.8 Å². The van der Waals surface area contributed by atoms with Gasteiger partial charge in [0.1, 0.15) is 0 Å². The van der Waals surface area contributed by atoms with Crippen molar-refractivity contribution in [1.82, 2.24) is 10.2 Å². The van der Waals surface area contributed by atoms with E-state index in [2.05, 4.69) is 39.8 Å². The summed E-state index contributed by atoms with van der Waals surface area (Å²) in [6.07, 6.45) is 0. The number of nitrogens with one attached hydrogen (secondary N) is 1. The number of hydrogen-bond acceptors (Lipinski definition) is 5. The Balaban J connectivity index is 1.93. The van der Waals surface area contributed by atoms with Crippen molar-refractivity contribution in [2.75, 3.05) is 12.4 Å². The minimum absolute atomic E-state index is 0.866. The molecule has 0 aliphatic carbocycles. The number of hydrogen-bond donors (Lipinski definition) is 1. The maximum atomic E-state index is 4.07. The Kier molecular flexibility index (Phi) is 3.58. The zero-order valence-corrected chi connectivity index (χ0v) is 9.94. The molecule has 0 atom stereocenters. The fourth-order valence-corrected chi connectivity index (χ4v) is 2.75. The van der Waals surface area contributed by atoms with Gasteiger partial charge in [-0.2, -0.15) is 0 Å². The quantitative estimate of drug-likeness (QED) is 0.830. The van der Waals surface area contributed by atoms with Crippen LogP contribution in [0.1, 0.15) is 5.56 Å². The fourth-order valence-electron chi connectivity index (χ4n) is 1.09. The van der Waals surface area contributed by atoms with Gasteiger partial charge in [-0.1, -0.05) is 53.4 Å². The van der Waals surface area contributed by atoms with Crippen molar-refractivity contribution >= 4 is 28.2 Å². The van der Waals surface area contributed by atoms with Gasteiger partial charge in [-0.15, -0.1) is 10.2 Å². The number of anilines is 1. The zero-order valence-electron chi connectivity index (χ0n) is 8.30. The van der Waals surface area contributed by atoms with E-state index in [1.165, 1.54) is 5.56 Å². The fraction of sp³-hybridized carbons (Fsp3) is 0.200. The first-order valence-corrected chi connectivity index (χ1v) is 6.36. The van der Waals surface area contributed by atoms with Gasteiger partial charge in [0.05, 0.1) is 0 Å². The van der Waals surface area contributed by atoms with Gasteiger partial charge in [0.15, 0.2) is 4.34 Å². The second-order valence-corrected chi connectivity index (χ2v) is 5.10. The van der Waals surface area contributed by atoms with Crippen molar-refractivity contribution in [2.24, 2.45) is 0 Å². The lowest BCUT2D eigenvalue weighted by Crippen LogP contribution is -1.84. The van der Waals surface area contributed by atoms with E-state index in [0.717, 1.165) is 15.2 Å². The van der Waals surface area contributed by atoms with Gasteiger partial charge in [-0.05, 0) is 5.56 Å². The summed E-state index contributed by atoms with van der Waals surface area (Å²) in [5, 5.41) is 11.9. The average Bonchev–Trinajstić information content (AvgIpc) is 2.76. The summed E-state index contributed by atoms with van der Waals surface area (Å²) < 4.78 is 1.00. The van der Waals surface area contributed by atoms with Gasteiger partial charge in [0, 0.05) is 12.8 Å². The molecule has 1 heterocycles. The molecule has 1 N–H and O–H groups in total. The van der Waals surface area contributed by atoms with Crippen LogP contribution in [0.25, 0.3) is 0 Å². The molecule has 0 radical (unpaired) electrons. The van der Waals surface area contributed by atoms with Crippen LogP contribution >= 0.6 is 23.1 Å². The summed E-state index contributed by atoms with van der Waals surface area (Å²) in [6, 6.07) is 10.4. The first-order chi connectivity index (χ1) is 7.38. The van der Waals surface area contributed by atoms with Crippen LogP contribution in [0.4, 0.5) is 5.13 Å². The Labute approximate surface area is 96.9 Å². The molecule has 0 fully saturated rings. The molecule has 0 bridgehead atoms. The van der Waals surface area contributed by atoms with Gasteiger partial charge in [-0.25, -0.2) is 0 Å². The van der Waals surface area contributed by atoms with E-state index < -0.39 is 0 Å². The molecule has 1 aromatic heterocycles. The van der Waals surface area contributed by atoms with Gasteiger partial charge < -0.3 is 5.32 Å². The van der Waals surface area contributed by atoms with Crippen molar-refractivity contribution < 1.29 is 0 Å². The Hall–Kier alpha value is -1.07. The van der Waals surface area contributed by atoms with Crippen molar-refractivity contribution in [3.63, 3.8) is 0 Å². The highest BCUT2D eigenvalue weighted by atomic mass is 32.2. The highest BCUT2D eigenvalue weighted by Gasteiger charge is 2.02. The summed E-state index contributed by atoms with van der Waals surface area (Å²) in [5.41, 5.74) is 1.31. The number of aromatic nitrogens is 2. The van der Waals surface area contributed by atoms with E-state index in [0.29, 0.717) is 0 Å². The van der Waals surface area contributed by atoms with E-state index in [9.17, 15) is 0 Å². The van der Waals surface area contributed by atoms with Crippen molar-refractivity contribution in [2.45, 2.75) is 10.1 Å². The van der Waals surface area contributed by atoms with Gasteiger partial charge in [0.25, 0.3) is 0 Å². The first-order valence-electron chi connectivity index (χ1n) is 4.56. The normalized spacial score (nSPS) is 10.2. The second-order valence-electron chi connectivity index (χ2n) is 2.90. The van der Waals surface area contributed by atoms with Crippen LogP contribution in [0.5, 0.6) is 0 Å². The van der Waals surface area contributed by atoms with Gasteiger partial charge in [0.2, 0.25) is 5.13 Å². The summed E-state index contributed by atoms with van der Waals surface area (Å²) in [5.74, 6) is 0.944. The predicted octanol–water partition coefficient (Wildman–Crippen LogP) is 2.87. The van der Waals surface area contributed by atoms with E-state index in [1.54, 1.807) is 23.1 Å². The van der Waals surface area contributed by atoms with E-state index in [-0.39, 0.29) is 0 Å². The third-order valence-corrected chi connectivity index (χ3v) is 3.97. The molecular formula is C10H11N3S2. The van der Waals surface area contributed by atoms with Gasteiger partial charge in [-0.3, -0.25) is 0 Å². The maximum absolute atomic E-state index is 4.07. The maximum Gasteiger partial charge on any atom is 0.206 e. The minimum atomic E-state index is 0.866. The Morgan fingerprint density at radius 2 is 2.07 bits per heavy atom. The van der Waals surface area contributed by atoms with Gasteiger partial charge >= 0.3 is 0 Å². The average molecular weight is 237 g/mol. The molecular weight excluding hydrogens is 226 g/mol. The molecule has 0 aliphatic heterocycles. The molecule has 0 saturated heterocycles. The van der Waals surface area contributed by atoms with Crippen molar-refractivity contribution in [3.8, 4) is 0 Å². The molecule has 15 heavy (non-hydrogen) atoms. The smallest absolute Gasteiger partial charge is 0.206 e. The Bertz CT molecular complexity index is 414. The number of benzene rings is 1. The van der Waals surface area contributed by atoms with Crippen LogP contribution in [0, 0.1) is 0 Å². The predicted molar refractivity (Wildman–Crippen MR) is 65.5 cm³/mol. The highest BCUT2D eigenvalue weighted by Crippen LogP contribution is 2.27. The lowest BCUT2D eigenvalue weighted by atomic mass is 10.2. The molecule has 1 aromatic carbocycles. The third kappa shape index (κ3) is 2.94. The molecule has 0 amide bonds. The molecule has 3 nitrogen and oxygen atoms in total. The molecule has 0 aliphatic rings. The minimum Gasteiger partial charge on any atom is -0.363 e. The molecule has 78 valence electrons. The van der Waals surface area contributed by atoms with Crippen molar-refractivity contribution in [3.05, 3.63) is 35.9 Å². The summed E-state index contributed by atoms with van der Waals surface area (Å²) in [7, 11) is 1.85. The van der Waals surface area contributed by atoms with Crippen LogP contribution in [-0.2, 0) is 5.75 Å². The summed E-state index contributed by atoms with van der Waals surface area (Å²) in [4.78, 5) is 0. The monoisotopic (exact) mass is 237 g/mol. The lowest BCUT2D eigenvalue weighted by Gasteiger charge is -1.96. The molecule has 0 saturated carbocycles. The largest absolute Gasteiger partial charge is 0.363 e. The Morgan fingerprint density at radius 1 is 1.27 bits per heavy atom. The zero-order chi connectivity index (χ0) is 10.5. The summed E-state index contributed by atoms with van der Waals surface area (Å²) in [6.45, 7) is 0. The first kappa shape index (κ1) is 10.4. The van der Waals surface area contributed by atoms with E-state index in [4.69, 9.17) is 0 Å². The van der Waals surface area contributed by atoms with E-state index >= 15 is 0 Å². The van der Waals surface area contributed by atoms with Crippen LogP contribution in [0.2, 0.25) is 0 Å². The number of rotatable bonds is 4. The molecule has 0 unspecified atom stereocenters. The molecule has 0 spiro atoms. The second kappa shape index (κ2) is 5.14. The third-order valence-electron chi connectivity index (χ3n) is 1.83. The molecule has 5 heteroatoms. The SMILES string of the molecule is CNc1nnc(SCc2ccccc2)s1.